The van der Waals surface area contributed by atoms with Crippen LogP contribution in [0.5, 0.6) is 0 Å². The van der Waals surface area contributed by atoms with Gasteiger partial charge in [0, 0.05) is 18.4 Å². The van der Waals surface area contributed by atoms with Gasteiger partial charge in [-0.05, 0) is 36.4 Å². The second kappa shape index (κ2) is 7.06. The molecule has 0 bridgehead atoms. The third-order valence-electron chi connectivity index (χ3n) is 2.88. The molecule has 0 radical (unpaired) electrons. The molecule has 23 heavy (non-hydrogen) atoms. The number of anilines is 2. The van der Waals surface area contributed by atoms with Crippen molar-refractivity contribution in [2.45, 2.75) is 0 Å². The third kappa shape index (κ3) is 4.17. The zero-order chi connectivity index (χ0) is 17.0. The maximum atomic E-state index is 13.2. The molecule has 3 amide bonds. The third-order valence-corrected chi connectivity index (χ3v) is 3.19. The Bertz CT molecular complexity index is 751. The normalized spacial score (nSPS) is 10.1. The van der Waals surface area contributed by atoms with Crippen LogP contribution in [0.4, 0.5) is 25.0 Å². The molecule has 120 valence electrons. The first-order valence-electron chi connectivity index (χ1n) is 6.45. The zero-order valence-corrected chi connectivity index (χ0v) is 12.7. The number of carbonyl (C=O) groups is 2. The molecule has 0 heterocycles. The van der Waals surface area contributed by atoms with Gasteiger partial charge in [0.2, 0.25) is 0 Å². The highest BCUT2D eigenvalue weighted by Crippen LogP contribution is 2.22. The first-order chi connectivity index (χ1) is 10.9. The molecule has 0 aromatic heterocycles. The highest BCUT2D eigenvalue weighted by atomic mass is 35.5. The molecule has 2 aromatic rings. The molecule has 0 spiro atoms. The number of hydrogen-bond donors (Lipinski definition) is 3. The van der Waals surface area contributed by atoms with Crippen LogP contribution in [0.3, 0.4) is 0 Å². The van der Waals surface area contributed by atoms with Gasteiger partial charge < -0.3 is 16.0 Å². The minimum Gasteiger partial charge on any atom is -0.341 e. The largest absolute Gasteiger partial charge is 0.341 e. The summed E-state index contributed by atoms with van der Waals surface area (Å²) in [5, 5.41) is 7.25. The molecule has 3 N–H and O–H groups in total. The van der Waals surface area contributed by atoms with E-state index < -0.39 is 17.5 Å². The van der Waals surface area contributed by atoms with E-state index in [0.717, 1.165) is 12.1 Å². The van der Waals surface area contributed by atoms with Crippen LogP contribution in [0.25, 0.3) is 0 Å². The molecule has 0 aliphatic rings. The van der Waals surface area contributed by atoms with Gasteiger partial charge in [-0.1, -0.05) is 11.6 Å². The molecule has 2 rings (SSSR count). The van der Waals surface area contributed by atoms with E-state index in [1.165, 1.54) is 19.2 Å². The van der Waals surface area contributed by atoms with Gasteiger partial charge >= 0.3 is 6.03 Å². The van der Waals surface area contributed by atoms with Crippen molar-refractivity contribution in [2.75, 3.05) is 17.7 Å². The van der Waals surface area contributed by atoms with Crippen LogP contribution in [0.1, 0.15) is 10.4 Å². The van der Waals surface area contributed by atoms with E-state index in [-0.39, 0.29) is 16.6 Å². The van der Waals surface area contributed by atoms with Gasteiger partial charge in [0.15, 0.2) is 11.6 Å². The van der Waals surface area contributed by atoms with E-state index in [1.54, 1.807) is 12.1 Å². The summed E-state index contributed by atoms with van der Waals surface area (Å²) in [5.74, 6) is -2.97. The summed E-state index contributed by atoms with van der Waals surface area (Å²) in [5.41, 5.74) is 0.740. The van der Waals surface area contributed by atoms with Crippen LogP contribution in [0.2, 0.25) is 5.02 Å². The smallest absolute Gasteiger partial charge is 0.318 e. The maximum Gasteiger partial charge on any atom is 0.318 e. The SMILES string of the molecule is CNC(=O)Nc1ccc(NC(=O)c2cc(F)c(F)cc2Cl)cc1. The number of urea groups is 1. The summed E-state index contributed by atoms with van der Waals surface area (Å²) < 4.78 is 26.2. The monoisotopic (exact) mass is 339 g/mol. The molecule has 0 saturated heterocycles. The lowest BCUT2D eigenvalue weighted by Gasteiger charge is -2.09. The fourth-order valence-corrected chi connectivity index (χ4v) is 1.96. The summed E-state index contributed by atoms with van der Waals surface area (Å²) in [4.78, 5) is 23.2. The van der Waals surface area contributed by atoms with Crippen LogP contribution in [0, 0.1) is 11.6 Å². The molecule has 2 aromatic carbocycles. The van der Waals surface area contributed by atoms with Gasteiger partial charge in [0.1, 0.15) is 0 Å². The minimum absolute atomic E-state index is 0.182. The van der Waals surface area contributed by atoms with Crippen molar-refractivity contribution in [3.05, 3.63) is 58.6 Å². The van der Waals surface area contributed by atoms with Crippen molar-refractivity contribution in [3.63, 3.8) is 0 Å². The number of benzene rings is 2. The Balaban J connectivity index is 2.11. The van der Waals surface area contributed by atoms with Crippen molar-refractivity contribution in [3.8, 4) is 0 Å². The molecule has 0 fully saturated rings. The molecule has 0 unspecified atom stereocenters. The summed E-state index contributed by atoms with van der Waals surface area (Å²) in [6.07, 6.45) is 0. The Morgan fingerprint density at radius 3 is 2.04 bits per heavy atom. The minimum atomic E-state index is -1.16. The molecular weight excluding hydrogens is 328 g/mol. The Hall–Kier alpha value is -2.67. The van der Waals surface area contributed by atoms with Crippen molar-refractivity contribution >= 4 is 34.9 Å². The van der Waals surface area contributed by atoms with Gasteiger partial charge in [-0.15, -0.1) is 0 Å². The number of nitrogens with one attached hydrogen (secondary N) is 3. The van der Waals surface area contributed by atoms with Crippen LogP contribution in [-0.2, 0) is 0 Å². The molecule has 0 saturated carbocycles. The molecule has 0 atom stereocenters. The van der Waals surface area contributed by atoms with E-state index in [1.807, 2.05) is 0 Å². The van der Waals surface area contributed by atoms with E-state index in [9.17, 15) is 18.4 Å². The Labute approximate surface area is 135 Å². The first-order valence-corrected chi connectivity index (χ1v) is 6.83. The molecule has 5 nitrogen and oxygen atoms in total. The quantitative estimate of drug-likeness (QED) is 0.747. The summed E-state index contributed by atoms with van der Waals surface area (Å²) in [7, 11) is 1.48. The highest BCUT2D eigenvalue weighted by molar-refractivity contribution is 6.34. The topological polar surface area (TPSA) is 70.2 Å². The standard InChI is InChI=1S/C15H12ClF2N3O2/c1-19-15(23)21-9-4-2-8(3-5-9)20-14(22)10-6-12(17)13(18)7-11(10)16/h2-7H,1H3,(H,20,22)(H2,19,21,23). The van der Waals surface area contributed by atoms with Crippen molar-refractivity contribution in [1.82, 2.24) is 5.32 Å². The van der Waals surface area contributed by atoms with Crippen LogP contribution in [0.15, 0.2) is 36.4 Å². The zero-order valence-electron chi connectivity index (χ0n) is 11.9. The van der Waals surface area contributed by atoms with E-state index in [4.69, 9.17) is 11.6 Å². The van der Waals surface area contributed by atoms with Gasteiger partial charge in [0.05, 0.1) is 10.6 Å². The number of halogens is 3. The lowest BCUT2D eigenvalue weighted by atomic mass is 10.2. The predicted molar refractivity (Wildman–Crippen MR) is 83.8 cm³/mol. The van der Waals surface area contributed by atoms with Crippen molar-refractivity contribution in [2.24, 2.45) is 0 Å². The van der Waals surface area contributed by atoms with Gasteiger partial charge in [-0.2, -0.15) is 0 Å². The molecule has 8 heteroatoms. The first kappa shape index (κ1) is 16.7. The van der Waals surface area contributed by atoms with E-state index in [0.29, 0.717) is 11.4 Å². The second-order valence-electron chi connectivity index (χ2n) is 4.48. The average Bonchev–Trinajstić information content (AvgIpc) is 2.52. The Morgan fingerprint density at radius 1 is 0.957 bits per heavy atom. The van der Waals surface area contributed by atoms with Crippen LogP contribution < -0.4 is 16.0 Å². The van der Waals surface area contributed by atoms with Crippen LogP contribution in [-0.4, -0.2) is 19.0 Å². The molecule has 0 aliphatic heterocycles. The second-order valence-corrected chi connectivity index (χ2v) is 4.89. The number of carbonyl (C=O) groups excluding carboxylic acids is 2. The molecular formula is C15H12ClF2N3O2. The van der Waals surface area contributed by atoms with Gasteiger partial charge in [-0.25, -0.2) is 13.6 Å². The van der Waals surface area contributed by atoms with Crippen molar-refractivity contribution < 1.29 is 18.4 Å². The molecule has 0 aliphatic carbocycles. The highest BCUT2D eigenvalue weighted by Gasteiger charge is 2.15. The Morgan fingerprint density at radius 2 is 1.48 bits per heavy atom. The fraction of sp³-hybridized carbons (Fsp3) is 0.0667. The predicted octanol–water partition coefficient (Wildman–Crippen LogP) is 3.62. The maximum absolute atomic E-state index is 13.2. The lowest BCUT2D eigenvalue weighted by Crippen LogP contribution is -2.24. The van der Waals surface area contributed by atoms with Crippen LogP contribution >= 0.6 is 11.6 Å². The number of amides is 3. The summed E-state index contributed by atoms with van der Waals surface area (Å²) in [6.45, 7) is 0. The van der Waals surface area contributed by atoms with Gasteiger partial charge in [-0.3, -0.25) is 4.79 Å². The van der Waals surface area contributed by atoms with Gasteiger partial charge in [0.25, 0.3) is 5.91 Å². The summed E-state index contributed by atoms with van der Waals surface area (Å²) >= 11 is 5.74. The number of hydrogen-bond acceptors (Lipinski definition) is 2. The number of rotatable bonds is 3. The fourth-order valence-electron chi connectivity index (χ4n) is 1.73. The summed E-state index contributed by atoms with van der Waals surface area (Å²) in [6, 6.07) is 7.30. The van der Waals surface area contributed by atoms with E-state index in [2.05, 4.69) is 16.0 Å². The van der Waals surface area contributed by atoms with E-state index >= 15 is 0 Å². The van der Waals surface area contributed by atoms with Crippen molar-refractivity contribution in [1.29, 1.82) is 0 Å². The Kier molecular flexibility index (Phi) is 5.13. The average molecular weight is 340 g/mol. The lowest BCUT2D eigenvalue weighted by molar-refractivity contribution is 0.102.